The quantitative estimate of drug-likeness (QED) is 0.736. The van der Waals surface area contributed by atoms with Gasteiger partial charge in [-0.3, -0.25) is 0 Å². The van der Waals surface area contributed by atoms with E-state index in [-0.39, 0.29) is 0 Å². The topological polar surface area (TPSA) is 12.0 Å². The maximum atomic E-state index is 12.5. The lowest BCUT2D eigenvalue weighted by Crippen LogP contribution is -2.42. The molecule has 0 saturated heterocycles. The van der Waals surface area contributed by atoms with Crippen molar-refractivity contribution in [1.29, 1.82) is 0 Å². The van der Waals surface area contributed by atoms with Gasteiger partial charge in [-0.05, 0) is 38.5 Å². The van der Waals surface area contributed by atoms with Gasteiger partial charge in [0.15, 0.2) is 0 Å². The summed E-state index contributed by atoms with van der Waals surface area (Å²) in [4.78, 5) is 0. The standard InChI is InChI=1S/C14H26F3N/c1-3-5-6-12(4-2)18-13-9-7-11(8-10-13)14(15,16)17/h11-13,18H,3-10H2,1-2H3. The normalized spacial score (nSPS) is 27.2. The van der Waals surface area contributed by atoms with E-state index < -0.39 is 12.1 Å². The zero-order valence-corrected chi connectivity index (χ0v) is 11.5. The van der Waals surface area contributed by atoms with Crippen LogP contribution in [0.15, 0.2) is 0 Å². The Balaban J connectivity index is 2.29. The summed E-state index contributed by atoms with van der Waals surface area (Å²) >= 11 is 0. The van der Waals surface area contributed by atoms with Crippen molar-refractivity contribution in [3.8, 4) is 0 Å². The second kappa shape index (κ2) is 7.37. The fourth-order valence-corrected chi connectivity index (χ4v) is 2.78. The molecule has 1 atom stereocenters. The maximum Gasteiger partial charge on any atom is 0.391 e. The molecule has 0 aromatic heterocycles. The van der Waals surface area contributed by atoms with Crippen molar-refractivity contribution in [1.82, 2.24) is 5.32 Å². The molecular formula is C14H26F3N. The molecule has 0 aromatic carbocycles. The van der Waals surface area contributed by atoms with Gasteiger partial charge in [0.05, 0.1) is 5.92 Å². The fraction of sp³-hybridized carbons (Fsp3) is 1.00. The average Bonchev–Trinajstić information content (AvgIpc) is 2.34. The van der Waals surface area contributed by atoms with Crippen LogP contribution in [-0.2, 0) is 0 Å². The molecule has 0 aromatic rings. The van der Waals surface area contributed by atoms with Crippen LogP contribution < -0.4 is 5.32 Å². The van der Waals surface area contributed by atoms with E-state index in [9.17, 15) is 13.2 Å². The van der Waals surface area contributed by atoms with Crippen molar-refractivity contribution in [2.45, 2.75) is 83.5 Å². The SMILES string of the molecule is CCCCC(CC)NC1CCC(C(F)(F)F)CC1. The summed E-state index contributed by atoms with van der Waals surface area (Å²) in [5, 5.41) is 3.55. The number of unbranched alkanes of at least 4 members (excludes halogenated alkanes) is 1. The molecule has 18 heavy (non-hydrogen) atoms. The molecule has 1 nitrogen and oxygen atoms in total. The molecular weight excluding hydrogens is 239 g/mol. The molecule has 1 N–H and O–H groups in total. The van der Waals surface area contributed by atoms with Crippen molar-refractivity contribution >= 4 is 0 Å². The van der Waals surface area contributed by atoms with Gasteiger partial charge < -0.3 is 5.32 Å². The lowest BCUT2D eigenvalue weighted by molar-refractivity contribution is -0.182. The smallest absolute Gasteiger partial charge is 0.311 e. The van der Waals surface area contributed by atoms with Crippen molar-refractivity contribution < 1.29 is 13.2 Å². The first kappa shape index (κ1) is 15.8. The zero-order valence-electron chi connectivity index (χ0n) is 11.5. The van der Waals surface area contributed by atoms with Crippen LogP contribution >= 0.6 is 0 Å². The van der Waals surface area contributed by atoms with Gasteiger partial charge in [0.25, 0.3) is 0 Å². The summed E-state index contributed by atoms with van der Waals surface area (Å²) in [7, 11) is 0. The molecule has 0 bridgehead atoms. The van der Waals surface area contributed by atoms with Crippen molar-refractivity contribution in [2.24, 2.45) is 5.92 Å². The maximum absolute atomic E-state index is 12.5. The minimum absolute atomic E-state index is 0.297. The monoisotopic (exact) mass is 265 g/mol. The van der Waals surface area contributed by atoms with Crippen LogP contribution in [0.25, 0.3) is 0 Å². The molecule has 0 heterocycles. The molecule has 1 unspecified atom stereocenters. The third kappa shape index (κ3) is 5.17. The highest BCUT2D eigenvalue weighted by atomic mass is 19.4. The van der Waals surface area contributed by atoms with Gasteiger partial charge in [-0.1, -0.05) is 26.7 Å². The lowest BCUT2D eigenvalue weighted by Gasteiger charge is -2.32. The fourth-order valence-electron chi connectivity index (χ4n) is 2.78. The number of hydrogen-bond acceptors (Lipinski definition) is 1. The highest BCUT2D eigenvalue weighted by Crippen LogP contribution is 2.37. The second-order valence-corrected chi connectivity index (χ2v) is 5.50. The Bertz CT molecular complexity index is 220. The third-order valence-electron chi connectivity index (χ3n) is 4.06. The first-order valence-corrected chi connectivity index (χ1v) is 7.30. The predicted molar refractivity (Wildman–Crippen MR) is 68.5 cm³/mol. The molecule has 108 valence electrons. The first-order chi connectivity index (χ1) is 8.47. The largest absolute Gasteiger partial charge is 0.391 e. The predicted octanol–water partition coefficient (Wildman–Crippen LogP) is 4.67. The van der Waals surface area contributed by atoms with E-state index in [0.29, 0.717) is 37.8 Å². The number of hydrogen-bond donors (Lipinski definition) is 1. The number of nitrogens with one attached hydrogen (secondary N) is 1. The van der Waals surface area contributed by atoms with Gasteiger partial charge in [0.2, 0.25) is 0 Å². The van der Waals surface area contributed by atoms with Gasteiger partial charge in [0, 0.05) is 12.1 Å². The number of rotatable bonds is 6. The Hall–Kier alpha value is -0.250. The van der Waals surface area contributed by atoms with Crippen molar-refractivity contribution in [2.75, 3.05) is 0 Å². The first-order valence-electron chi connectivity index (χ1n) is 7.30. The van der Waals surface area contributed by atoms with Crippen molar-refractivity contribution in [3.63, 3.8) is 0 Å². The zero-order chi connectivity index (χ0) is 13.6. The lowest BCUT2D eigenvalue weighted by atomic mass is 9.85. The Morgan fingerprint density at radius 2 is 1.72 bits per heavy atom. The molecule has 1 aliphatic rings. The number of alkyl halides is 3. The van der Waals surface area contributed by atoms with Crippen LogP contribution in [0.2, 0.25) is 0 Å². The molecule has 0 radical (unpaired) electrons. The molecule has 1 fully saturated rings. The van der Waals surface area contributed by atoms with Crippen molar-refractivity contribution in [3.05, 3.63) is 0 Å². The van der Waals surface area contributed by atoms with Crippen LogP contribution in [-0.4, -0.2) is 18.3 Å². The molecule has 1 rings (SSSR count). The minimum Gasteiger partial charge on any atom is -0.311 e. The molecule has 0 spiro atoms. The van der Waals surface area contributed by atoms with Crippen LogP contribution in [0.3, 0.4) is 0 Å². The molecule has 1 aliphatic carbocycles. The van der Waals surface area contributed by atoms with E-state index in [4.69, 9.17) is 0 Å². The third-order valence-corrected chi connectivity index (χ3v) is 4.06. The van der Waals surface area contributed by atoms with E-state index >= 15 is 0 Å². The van der Waals surface area contributed by atoms with Gasteiger partial charge in [-0.2, -0.15) is 13.2 Å². The molecule has 0 amide bonds. The molecule has 0 aliphatic heterocycles. The average molecular weight is 265 g/mol. The van der Waals surface area contributed by atoms with E-state index in [0.717, 1.165) is 12.8 Å². The van der Waals surface area contributed by atoms with Gasteiger partial charge >= 0.3 is 6.18 Å². The van der Waals surface area contributed by atoms with Crippen LogP contribution in [0.4, 0.5) is 13.2 Å². The summed E-state index contributed by atoms with van der Waals surface area (Å²) < 4.78 is 37.6. The van der Waals surface area contributed by atoms with Crippen LogP contribution in [0, 0.1) is 5.92 Å². The summed E-state index contributed by atoms with van der Waals surface area (Å²) in [6.45, 7) is 4.32. The van der Waals surface area contributed by atoms with E-state index in [1.165, 1.54) is 12.8 Å². The highest BCUT2D eigenvalue weighted by molar-refractivity contribution is 4.82. The number of halogens is 3. The highest BCUT2D eigenvalue weighted by Gasteiger charge is 2.41. The van der Waals surface area contributed by atoms with Crippen LogP contribution in [0.1, 0.15) is 65.2 Å². The van der Waals surface area contributed by atoms with Gasteiger partial charge in [0.1, 0.15) is 0 Å². The van der Waals surface area contributed by atoms with Gasteiger partial charge in [-0.15, -0.1) is 0 Å². The summed E-state index contributed by atoms with van der Waals surface area (Å²) in [6, 6.07) is 0.780. The second-order valence-electron chi connectivity index (χ2n) is 5.50. The Kier molecular flexibility index (Phi) is 6.47. The van der Waals surface area contributed by atoms with Gasteiger partial charge in [-0.25, -0.2) is 0 Å². The van der Waals surface area contributed by atoms with E-state index in [1.807, 2.05) is 0 Å². The van der Waals surface area contributed by atoms with E-state index in [1.54, 1.807) is 0 Å². The molecule has 4 heteroatoms. The van der Waals surface area contributed by atoms with Crippen LogP contribution in [0.5, 0.6) is 0 Å². The Morgan fingerprint density at radius 1 is 1.11 bits per heavy atom. The Morgan fingerprint density at radius 3 is 2.17 bits per heavy atom. The summed E-state index contributed by atoms with van der Waals surface area (Å²) in [5.41, 5.74) is 0. The summed E-state index contributed by atoms with van der Waals surface area (Å²) in [6.07, 6.45) is 2.54. The minimum atomic E-state index is -3.99. The Labute approximate surface area is 109 Å². The summed E-state index contributed by atoms with van der Waals surface area (Å²) in [5.74, 6) is -1.06. The van der Waals surface area contributed by atoms with E-state index in [2.05, 4.69) is 19.2 Å². The molecule has 1 saturated carbocycles.